The van der Waals surface area contributed by atoms with Crippen LogP contribution in [-0.2, 0) is 11.3 Å². The quantitative estimate of drug-likeness (QED) is 0.747. The fraction of sp³-hybridized carbons (Fsp3) is 0.600. The number of aryl methyl sites for hydroxylation is 1. The monoisotopic (exact) mass is 304 g/mol. The predicted molar refractivity (Wildman–Crippen MR) is 78.7 cm³/mol. The van der Waals surface area contributed by atoms with Crippen LogP contribution >= 0.6 is 0 Å². The van der Waals surface area contributed by atoms with Crippen LogP contribution in [0.4, 0.5) is 18.9 Å². The van der Waals surface area contributed by atoms with Crippen molar-refractivity contribution in [2.24, 2.45) is 0 Å². The number of benzene rings is 1. The van der Waals surface area contributed by atoms with Gasteiger partial charge >= 0.3 is 6.18 Å². The summed E-state index contributed by atoms with van der Waals surface area (Å²) >= 11 is 0. The van der Waals surface area contributed by atoms with E-state index in [4.69, 9.17) is 4.74 Å². The first kappa shape index (κ1) is 17.8. The van der Waals surface area contributed by atoms with Gasteiger partial charge in [0, 0.05) is 32.4 Å². The van der Waals surface area contributed by atoms with Gasteiger partial charge in [-0.1, -0.05) is 6.07 Å². The summed E-state index contributed by atoms with van der Waals surface area (Å²) in [7, 11) is 1.64. The number of ether oxygens (including phenoxy) is 1. The van der Waals surface area contributed by atoms with Gasteiger partial charge < -0.3 is 15.0 Å². The van der Waals surface area contributed by atoms with E-state index in [1.54, 1.807) is 20.1 Å². The zero-order valence-electron chi connectivity index (χ0n) is 12.8. The first-order chi connectivity index (χ1) is 9.87. The van der Waals surface area contributed by atoms with Crippen molar-refractivity contribution in [1.29, 1.82) is 0 Å². The van der Waals surface area contributed by atoms with Gasteiger partial charge in [0.25, 0.3) is 0 Å². The average molecular weight is 304 g/mol. The van der Waals surface area contributed by atoms with Crippen LogP contribution in [0.25, 0.3) is 0 Å². The van der Waals surface area contributed by atoms with Crippen LogP contribution in [0.15, 0.2) is 18.2 Å². The van der Waals surface area contributed by atoms with Crippen molar-refractivity contribution in [2.45, 2.75) is 26.6 Å². The third-order valence-electron chi connectivity index (χ3n) is 3.24. The molecular formula is C15H23F3N2O. The van der Waals surface area contributed by atoms with E-state index in [-0.39, 0.29) is 0 Å². The van der Waals surface area contributed by atoms with Crippen molar-refractivity contribution in [3.63, 3.8) is 0 Å². The Bertz CT molecular complexity index is 435. The van der Waals surface area contributed by atoms with Gasteiger partial charge in [0.05, 0.1) is 6.61 Å². The summed E-state index contributed by atoms with van der Waals surface area (Å²) in [5, 5.41) is 3.23. The molecule has 1 aromatic carbocycles. The number of alkyl halides is 3. The van der Waals surface area contributed by atoms with Crippen molar-refractivity contribution in [2.75, 3.05) is 38.3 Å². The third kappa shape index (κ3) is 6.35. The summed E-state index contributed by atoms with van der Waals surface area (Å²) in [6.07, 6.45) is -4.19. The molecule has 0 aliphatic rings. The minimum absolute atomic E-state index is 0.324. The molecule has 0 spiro atoms. The van der Waals surface area contributed by atoms with E-state index in [2.05, 4.69) is 5.32 Å². The topological polar surface area (TPSA) is 24.5 Å². The van der Waals surface area contributed by atoms with Gasteiger partial charge in [-0.3, -0.25) is 0 Å². The average Bonchev–Trinajstić information content (AvgIpc) is 2.41. The van der Waals surface area contributed by atoms with E-state index in [0.29, 0.717) is 25.4 Å². The van der Waals surface area contributed by atoms with E-state index in [1.165, 1.54) is 4.90 Å². The number of halogens is 3. The number of rotatable bonds is 8. The SMILES string of the molecule is CCN(CC(F)(F)F)c1ccc(CNCCOC)c(C)c1. The van der Waals surface area contributed by atoms with Gasteiger partial charge in [-0.15, -0.1) is 0 Å². The Morgan fingerprint density at radius 1 is 1.29 bits per heavy atom. The zero-order chi connectivity index (χ0) is 15.9. The molecule has 0 bridgehead atoms. The minimum Gasteiger partial charge on any atom is -0.383 e. The first-order valence-corrected chi connectivity index (χ1v) is 6.98. The van der Waals surface area contributed by atoms with Crippen molar-refractivity contribution in [3.8, 4) is 0 Å². The van der Waals surface area contributed by atoms with Crippen LogP contribution in [0.5, 0.6) is 0 Å². The summed E-state index contributed by atoms with van der Waals surface area (Å²) in [6, 6.07) is 5.43. The van der Waals surface area contributed by atoms with Crippen molar-refractivity contribution in [3.05, 3.63) is 29.3 Å². The van der Waals surface area contributed by atoms with Crippen molar-refractivity contribution >= 4 is 5.69 Å². The van der Waals surface area contributed by atoms with E-state index in [9.17, 15) is 13.2 Å². The second-order valence-corrected chi connectivity index (χ2v) is 4.91. The molecule has 0 aromatic heterocycles. The summed E-state index contributed by atoms with van der Waals surface area (Å²) in [6.45, 7) is 5.10. The molecule has 1 N–H and O–H groups in total. The molecule has 6 heteroatoms. The van der Waals surface area contributed by atoms with Gasteiger partial charge in [-0.25, -0.2) is 0 Å². The van der Waals surface area contributed by atoms with Crippen LogP contribution in [0.3, 0.4) is 0 Å². The Morgan fingerprint density at radius 3 is 2.52 bits per heavy atom. The second kappa shape index (κ2) is 8.24. The summed E-state index contributed by atoms with van der Waals surface area (Å²) in [4.78, 5) is 1.33. The maximum Gasteiger partial charge on any atom is 0.405 e. The van der Waals surface area contributed by atoms with Crippen LogP contribution in [0, 0.1) is 6.92 Å². The van der Waals surface area contributed by atoms with E-state index >= 15 is 0 Å². The largest absolute Gasteiger partial charge is 0.405 e. The summed E-state index contributed by atoms with van der Waals surface area (Å²) in [5.74, 6) is 0. The van der Waals surface area contributed by atoms with Gasteiger partial charge in [-0.05, 0) is 37.1 Å². The molecule has 21 heavy (non-hydrogen) atoms. The molecule has 1 rings (SSSR count). The number of hydrogen-bond donors (Lipinski definition) is 1. The number of anilines is 1. The lowest BCUT2D eigenvalue weighted by molar-refractivity contribution is -0.119. The highest BCUT2D eigenvalue weighted by molar-refractivity contribution is 5.51. The molecule has 0 radical (unpaired) electrons. The smallest absolute Gasteiger partial charge is 0.383 e. The Labute approximate surface area is 124 Å². The Morgan fingerprint density at radius 2 is 2.00 bits per heavy atom. The van der Waals surface area contributed by atoms with E-state index < -0.39 is 12.7 Å². The Kier molecular flexibility index (Phi) is 6.98. The molecule has 0 atom stereocenters. The van der Waals surface area contributed by atoms with E-state index in [0.717, 1.165) is 17.7 Å². The van der Waals surface area contributed by atoms with E-state index in [1.807, 2.05) is 19.1 Å². The third-order valence-corrected chi connectivity index (χ3v) is 3.24. The summed E-state index contributed by atoms with van der Waals surface area (Å²) < 4.78 is 42.5. The van der Waals surface area contributed by atoms with Gasteiger partial charge in [-0.2, -0.15) is 13.2 Å². The minimum atomic E-state index is -4.19. The molecule has 0 aliphatic heterocycles. The molecule has 0 fully saturated rings. The number of hydrogen-bond acceptors (Lipinski definition) is 3. The molecule has 0 amide bonds. The lowest BCUT2D eigenvalue weighted by Gasteiger charge is -2.25. The van der Waals surface area contributed by atoms with Gasteiger partial charge in [0.1, 0.15) is 6.54 Å². The molecule has 1 aromatic rings. The standard InChI is InChI=1S/C15H23F3N2O/c1-4-20(11-15(16,17)18)14-6-5-13(12(2)9-14)10-19-7-8-21-3/h5-6,9,19H,4,7-8,10-11H2,1-3H3. The molecule has 0 unspecified atom stereocenters. The molecule has 0 saturated heterocycles. The molecule has 120 valence electrons. The highest BCUT2D eigenvalue weighted by Gasteiger charge is 2.30. The normalized spacial score (nSPS) is 11.7. The Balaban J connectivity index is 2.71. The number of nitrogens with zero attached hydrogens (tertiary/aromatic N) is 1. The molecule has 0 saturated carbocycles. The highest BCUT2D eigenvalue weighted by Crippen LogP contribution is 2.24. The lowest BCUT2D eigenvalue weighted by Crippen LogP contribution is -2.34. The maximum absolute atomic E-state index is 12.5. The maximum atomic E-state index is 12.5. The zero-order valence-corrected chi connectivity index (χ0v) is 12.8. The molecular weight excluding hydrogens is 281 g/mol. The van der Waals surface area contributed by atoms with Crippen LogP contribution in [0.1, 0.15) is 18.1 Å². The number of methoxy groups -OCH3 is 1. The van der Waals surface area contributed by atoms with Crippen LogP contribution in [-0.4, -0.2) is 39.5 Å². The predicted octanol–water partition coefficient (Wildman–Crippen LogP) is 3.12. The highest BCUT2D eigenvalue weighted by atomic mass is 19.4. The van der Waals surface area contributed by atoms with Crippen LogP contribution in [0.2, 0.25) is 0 Å². The lowest BCUT2D eigenvalue weighted by atomic mass is 10.1. The summed E-state index contributed by atoms with van der Waals surface area (Å²) in [5.41, 5.74) is 2.67. The Hall–Kier alpha value is -1.27. The van der Waals surface area contributed by atoms with Crippen molar-refractivity contribution in [1.82, 2.24) is 5.32 Å². The molecule has 0 heterocycles. The van der Waals surface area contributed by atoms with Crippen LogP contribution < -0.4 is 10.2 Å². The fourth-order valence-electron chi connectivity index (χ4n) is 2.07. The fourth-order valence-corrected chi connectivity index (χ4v) is 2.07. The molecule has 0 aliphatic carbocycles. The van der Waals surface area contributed by atoms with Crippen molar-refractivity contribution < 1.29 is 17.9 Å². The van der Waals surface area contributed by atoms with Gasteiger partial charge in [0.15, 0.2) is 0 Å². The molecule has 3 nitrogen and oxygen atoms in total. The second-order valence-electron chi connectivity index (χ2n) is 4.91. The first-order valence-electron chi connectivity index (χ1n) is 6.98. The number of nitrogens with one attached hydrogen (secondary N) is 1. The van der Waals surface area contributed by atoms with Gasteiger partial charge in [0.2, 0.25) is 0 Å².